The summed E-state index contributed by atoms with van der Waals surface area (Å²) in [6.07, 6.45) is 1.26. The lowest BCUT2D eigenvalue weighted by Crippen LogP contribution is -1.70. The molecule has 0 aliphatic heterocycles. The van der Waals surface area contributed by atoms with E-state index in [0.717, 1.165) is 15.4 Å². The van der Waals surface area contributed by atoms with Crippen LogP contribution in [0.25, 0.3) is 11.0 Å². The highest BCUT2D eigenvalue weighted by Gasteiger charge is 2.01. The molecular weight excluding hydrogens is 234 g/mol. The van der Waals surface area contributed by atoms with Crippen LogP contribution in [-0.4, -0.2) is 11.4 Å². The molecule has 0 unspecified atom stereocenters. The summed E-state index contributed by atoms with van der Waals surface area (Å²) < 4.78 is 6.33. The van der Waals surface area contributed by atoms with Crippen LogP contribution in [0.15, 0.2) is 38.3 Å². The van der Waals surface area contributed by atoms with Gasteiger partial charge in [-0.2, -0.15) is 0 Å². The molecule has 66 valence electrons. The van der Waals surface area contributed by atoms with Gasteiger partial charge in [0.05, 0.1) is 0 Å². The molecule has 0 saturated heterocycles. The van der Waals surface area contributed by atoms with Gasteiger partial charge in [-0.05, 0) is 24.3 Å². The second-order valence-corrected chi connectivity index (χ2v) is 3.49. The SMILES string of the molecule is O/N=C\c1cc2cc(Br)ccc2o1. The Morgan fingerprint density at radius 3 is 3.00 bits per heavy atom. The molecule has 3 nitrogen and oxygen atoms in total. The predicted octanol–water partition coefficient (Wildman–Crippen LogP) is 3.00. The highest BCUT2D eigenvalue weighted by atomic mass is 79.9. The Bertz CT molecular complexity index is 462. The zero-order valence-electron chi connectivity index (χ0n) is 6.57. The number of furan rings is 1. The minimum absolute atomic E-state index is 0.538. The van der Waals surface area contributed by atoms with Crippen LogP contribution in [0, 0.1) is 0 Å². The Labute approximate surface area is 82.8 Å². The fraction of sp³-hybridized carbons (Fsp3) is 0. The van der Waals surface area contributed by atoms with E-state index in [2.05, 4.69) is 21.1 Å². The first kappa shape index (κ1) is 8.31. The largest absolute Gasteiger partial charge is 0.455 e. The van der Waals surface area contributed by atoms with E-state index in [0.29, 0.717) is 5.76 Å². The predicted molar refractivity (Wildman–Crippen MR) is 53.3 cm³/mol. The molecule has 1 N–H and O–H groups in total. The van der Waals surface area contributed by atoms with Crippen molar-refractivity contribution in [2.24, 2.45) is 5.16 Å². The number of hydrogen-bond donors (Lipinski definition) is 1. The maximum absolute atomic E-state index is 8.30. The lowest BCUT2D eigenvalue weighted by Gasteiger charge is -1.87. The van der Waals surface area contributed by atoms with Crippen molar-refractivity contribution in [2.45, 2.75) is 0 Å². The molecule has 0 spiro atoms. The third kappa shape index (κ3) is 1.58. The van der Waals surface area contributed by atoms with Crippen molar-refractivity contribution >= 4 is 33.1 Å². The first-order chi connectivity index (χ1) is 6.29. The molecule has 1 aromatic heterocycles. The minimum Gasteiger partial charge on any atom is -0.455 e. The summed E-state index contributed by atoms with van der Waals surface area (Å²) in [6, 6.07) is 7.49. The van der Waals surface area contributed by atoms with Crippen LogP contribution < -0.4 is 0 Å². The highest BCUT2D eigenvalue weighted by Crippen LogP contribution is 2.22. The van der Waals surface area contributed by atoms with Gasteiger partial charge >= 0.3 is 0 Å². The van der Waals surface area contributed by atoms with E-state index in [-0.39, 0.29) is 0 Å². The lowest BCUT2D eigenvalue weighted by atomic mass is 10.2. The number of benzene rings is 1. The van der Waals surface area contributed by atoms with E-state index in [4.69, 9.17) is 9.62 Å². The number of hydrogen-bond acceptors (Lipinski definition) is 3. The summed E-state index contributed by atoms with van der Waals surface area (Å²) in [5.74, 6) is 0.538. The third-order valence-corrected chi connectivity index (χ3v) is 2.18. The number of oxime groups is 1. The minimum atomic E-state index is 0.538. The Hall–Kier alpha value is -1.29. The molecule has 0 amide bonds. The summed E-state index contributed by atoms with van der Waals surface area (Å²) in [5.41, 5.74) is 0.776. The topological polar surface area (TPSA) is 45.7 Å². The maximum Gasteiger partial charge on any atom is 0.149 e. The van der Waals surface area contributed by atoms with Crippen molar-refractivity contribution in [3.8, 4) is 0 Å². The Morgan fingerprint density at radius 1 is 1.38 bits per heavy atom. The average Bonchev–Trinajstić information content (AvgIpc) is 2.46. The van der Waals surface area contributed by atoms with Gasteiger partial charge in [-0.1, -0.05) is 21.1 Å². The Kier molecular flexibility index (Phi) is 2.06. The van der Waals surface area contributed by atoms with Gasteiger partial charge in [0.2, 0.25) is 0 Å². The zero-order chi connectivity index (χ0) is 9.26. The van der Waals surface area contributed by atoms with Gasteiger partial charge in [0, 0.05) is 9.86 Å². The van der Waals surface area contributed by atoms with Crippen molar-refractivity contribution in [1.82, 2.24) is 0 Å². The molecule has 0 radical (unpaired) electrons. The van der Waals surface area contributed by atoms with Crippen molar-refractivity contribution in [3.63, 3.8) is 0 Å². The van der Waals surface area contributed by atoms with E-state index >= 15 is 0 Å². The number of halogens is 1. The van der Waals surface area contributed by atoms with Crippen molar-refractivity contribution in [2.75, 3.05) is 0 Å². The van der Waals surface area contributed by atoms with E-state index in [9.17, 15) is 0 Å². The smallest absolute Gasteiger partial charge is 0.149 e. The Balaban J connectivity index is 2.62. The van der Waals surface area contributed by atoms with Crippen LogP contribution in [0.4, 0.5) is 0 Å². The van der Waals surface area contributed by atoms with Crippen LogP contribution in [0.2, 0.25) is 0 Å². The molecule has 0 atom stereocenters. The summed E-state index contributed by atoms with van der Waals surface area (Å²) in [5, 5.41) is 12.2. The van der Waals surface area contributed by atoms with Gasteiger partial charge in [-0.15, -0.1) is 0 Å². The quantitative estimate of drug-likeness (QED) is 0.473. The van der Waals surface area contributed by atoms with Gasteiger partial charge in [0.25, 0.3) is 0 Å². The number of nitrogens with zero attached hydrogens (tertiary/aromatic N) is 1. The molecule has 1 heterocycles. The summed E-state index contributed by atoms with van der Waals surface area (Å²) in [4.78, 5) is 0. The van der Waals surface area contributed by atoms with Gasteiger partial charge in [0.15, 0.2) is 0 Å². The van der Waals surface area contributed by atoms with Gasteiger partial charge < -0.3 is 9.62 Å². The van der Waals surface area contributed by atoms with Gasteiger partial charge in [0.1, 0.15) is 17.6 Å². The first-order valence-electron chi connectivity index (χ1n) is 3.66. The average molecular weight is 240 g/mol. The number of fused-ring (bicyclic) bond motifs is 1. The number of rotatable bonds is 1. The summed E-state index contributed by atoms with van der Waals surface area (Å²) in [6.45, 7) is 0. The van der Waals surface area contributed by atoms with Crippen LogP contribution in [-0.2, 0) is 0 Å². The molecule has 4 heteroatoms. The molecule has 2 rings (SSSR count). The van der Waals surface area contributed by atoms with Crippen LogP contribution in [0.1, 0.15) is 5.76 Å². The zero-order valence-corrected chi connectivity index (χ0v) is 8.15. The summed E-state index contributed by atoms with van der Waals surface area (Å²) in [7, 11) is 0. The monoisotopic (exact) mass is 239 g/mol. The van der Waals surface area contributed by atoms with Crippen LogP contribution >= 0.6 is 15.9 Å². The molecule has 2 aromatic rings. The van der Waals surface area contributed by atoms with Crippen LogP contribution in [0.3, 0.4) is 0 Å². The molecule has 0 aliphatic rings. The third-order valence-electron chi connectivity index (χ3n) is 1.68. The van der Waals surface area contributed by atoms with E-state index in [1.807, 2.05) is 18.2 Å². The van der Waals surface area contributed by atoms with E-state index < -0.39 is 0 Å². The molecule has 13 heavy (non-hydrogen) atoms. The Morgan fingerprint density at radius 2 is 2.23 bits per heavy atom. The second-order valence-electron chi connectivity index (χ2n) is 2.58. The second kappa shape index (κ2) is 3.22. The molecule has 0 fully saturated rings. The van der Waals surface area contributed by atoms with Crippen LogP contribution in [0.5, 0.6) is 0 Å². The van der Waals surface area contributed by atoms with Crippen molar-refractivity contribution in [1.29, 1.82) is 0 Å². The molecule has 0 aliphatic carbocycles. The molecule has 1 aromatic carbocycles. The molecular formula is C9H6BrNO2. The lowest BCUT2D eigenvalue weighted by molar-refractivity contribution is 0.321. The van der Waals surface area contributed by atoms with Gasteiger partial charge in [-0.3, -0.25) is 0 Å². The highest BCUT2D eigenvalue weighted by molar-refractivity contribution is 9.10. The van der Waals surface area contributed by atoms with Crippen molar-refractivity contribution < 1.29 is 9.62 Å². The summed E-state index contributed by atoms with van der Waals surface area (Å²) >= 11 is 3.36. The fourth-order valence-electron chi connectivity index (χ4n) is 1.16. The fourth-order valence-corrected chi connectivity index (χ4v) is 1.53. The first-order valence-corrected chi connectivity index (χ1v) is 4.45. The van der Waals surface area contributed by atoms with E-state index in [1.165, 1.54) is 6.21 Å². The molecule has 0 bridgehead atoms. The normalized spacial score (nSPS) is 11.5. The van der Waals surface area contributed by atoms with Gasteiger partial charge in [-0.25, -0.2) is 0 Å². The standard InChI is InChI=1S/C9H6BrNO2/c10-7-1-2-9-6(3-7)4-8(13-9)5-11-12/h1-5,12H/b11-5-. The molecule has 0 saturated carbocycles. The van der Waals surface area contributed by atoms with E-state index in [1.54, 1.807) is 6.07 Å². The van der Waals surface area contributed by atoms with Crippen molar-refractivity contribution in [3.05, 3.63) is 34.5 Å². The maximum atomic E-state index is 8.30.